The Morgan fingerprint density at radius 2 is 2.14 bits per heavy atom. The van der Waals surface area contributed by atoms with Crippen LogP contribution in [0.5, 0.6) is 0 Å². The van der Waals surface area contributed by atoms with E-state index in [0.717, 1.165) is 48.6 Å². The number of hydrogen-bond acceptors (Lipinski definition) is 4. The topological polar surface area (TPSA) is 66.3 Å². The van der Waals surface area contributed by atoms with Gasteiger partial charge in [0.15, 0.2) is 5.65 Å². The number of aromatic nitrogens is 7. The fourth-order valence-corrected chi connectivity index (χ4v) is 2.76. The zero-order valence-corrected chi connectivity index (χ0v) is 13.0. The Bertz CT molecular complexity index is 725. The van der Waals surface area contributed by atoms with Gasteiger partial charge in [-0.2, -0.15) is 5.10 Å². The lowest BCUT2D eigenvalue weighted by atomic mass is 10.3. The van der Waals surface area contributed by atoms with Crippen LogP contribution in [0.25, 0.3) is 11.2 Å². The number of fused-ring (bicyclic) bond motifs is 1. The Labute approximate surface area is 127 Å². The molecule has 0 N–H and O–H groups in total. The molecule has 0 amide bonds. The molecule has 0 aliphatic rings. The summed E-state index contributed by atoms with van der Waals surface area (Å²) in [6.07, 6.45) is 5.16. The van der Waals surface area contributed by atoms with Crippen molar-refractivity contribution in [1.29, 1.82) is 0 Å². The highest BCUT2D eigenvalue weighted by Crippen LogP contribution is 2.20. The minimum Gasteiger partial charge on any atom is -0.311 e. The van der Waals surface area contributed by atoms with Gasteiger partial charge in [-0.1, -0.05) is 12.1 Å². The molecular weight excluding hydrogens is 290 g/mol. The summed E-state index contributed by atoms with van der Waals surface area (Å²) in [5.74, 6) is 1.56. The highest BCUT2D eigenvalue weighted by molar-refractivity contribution is 6.17. The number of halogens is 1. The number of nitrogens with zero attached hydrogens (tertiary/aromatic N) is 7. The van der Waals surface area contributed by atoms with Crippen LogP contribution in [0.15, 0.2) is 12.4 Å². The summed E-state index contributed by atoms with van der Waals surface area (Å²) in [7, 11) is 1.96. The van der Waals surface area contributed by atoms with Crippen molar-refractivity contribution in [2.75, 3.05) is 5.88 Å². The Kier molecular flexibility index (Phi) is 3.92. The first kappa shape index (κ1) is 14.1. The maximum atomic E-state index is 5.91. The van der Waals surface area contributed by atoms with Gasteiger partial charge in [-0.15, -0.1) is 16.7 Å². The third kappa shape index (κ3) is 2.53. The zero-order valence-electron chi connectivity index (χ0n) is 12.2. The molecule has 0 aliphatic carbocycles. The van der Waals surface area contributed by atoms with Gasteiger partial charge < -0.3 is 4.57 Å². The van der Waals surface area contributed by atoms with Gasteiger partial charge in [0.25, 0.3) is 0 Å². The molecule has 0 unspecified atom stereocenters. The van der Waals surface area contributed by atoms with E-state index in [0.29, 0.717) is 5.88 Å². The maximum Gasteiger partial charge on any atom is 0.158 e. The molecule has 3 heterocycles. The van der Waals surface area contributed by atoms with Crippen LogP contribution in [-0.2, 0) is 33.0 Å². The normalized spacial score (nSPS) is 11.6. The molecule has 21 heavy (non-hydrogen) atoms. The molecule has 0 bridgehead atoms. The summed E-state index contributed by atoms with van der Waals surface area (Å²) in [4.78, 5) is 4.74. The van der Waals surface area contributed by atoms with Crippen molar-refractivity contribution >= 4 is 22.8 Å². The summed E-state index contributed by atoms with van der Waals surface area (Å²) >= 11 is 5.91. The van der Waals surface area contributed by atoms with Gasteiger partial charge in [-0.05, 0) is 6.42 Å². The first-order valence-corrected chi connectivity index (χ1v) is 7.59. The smallest absolute Gasteiger partial charge is 0.158 e. The van der Waals surface area contributed by atoms with E-state index in [1.54, 1.807) is 6.20 Å². The van der Waals surface area contributed by atoms with Crippen LogP contribution >= 0.6 is 11.6 Å². The van der Waals surface area contributed by atoms with Gasteiger partial charge in [0.1, 0.15) is 11.3 Å². The third-order valence-corrected chi connectivity index (χ3v) is 3.74. The van der Waals surface area contributed by atoms with Crippen LogP contribution < -0.4 is 0 Å². The van der Waals surface area contributed by atoms with Crippen LogP contribution in [0.3, 0.4) is 0 Å². The number of imidazole rings is 1. The monoisotopic (exact) mass is 307 g/mol. The molecule has 0 spiro atoms. The van der Waals surface area contributed by atoms with E-state index in [4.69, 9.17) is 16.6 Å². The second-order valence-electron chi connectivity index (χ2n) is 4.88. The fraction of sp³-hybridized carbons (Fsp3) is 0.538. The van der Waals surface area contributed by atoms with E-state index < -0.39 is 0 Å². The van der Waals surface area contributed by atoms with Crippen LogP contribution in [0.4, 0.5) is 0 Å². The maximum absolute atomic E-state index is 5.91. The molecule has 0 saturated carbocycles. The molecule has 0 aliphatic heterocycles. The average molecular weight is 308 g/mol. The lowest BCUT2D eigenvalue weighted by Crippen LogP contribution is -2.13. The third-order valence-electron chi connectivity index (χ3n) is 3.55. The van der Waals surface area contributed by atoms with E-state index >= 15 is 0 Å². The Morgan fingerprint density at radius 3 is 2.81 bits per heavy atom. The van der Waals surface area contributed by atoms with E-state index in [1.807, 2.05) is 22.6 Å². The van der Waals surface area contributed by atoms with E-state index in [1.165, 1.54) is 0 Å². The molecule has 3 aromatic heterocycles. The first-order valence-electron chi connectivity index (χ1n) is 7.05. The fourth-order valence-electron chi connectivity index (χ4n) is 2.59. The highest BCUT2D eigenvalue weighted by Gasteiger charge is 2.18. The predicted molar refractivity (Wildman–Crippen MR) is 80.3 cm³/mol. The van der Waals surface area contributed by atoms with Gasteiger partial charge >= 0.3 is 0 Å². The molecule has 0 aromatic carbocycles. The van der Waals surface area contributed by atoms with Gasteiger partial charge in [-0.3, -0.25) is 9.36 Å². The second-order valence-corrected chi connectivity index (χ2v) is 5.26. The molecule has 8 heteroatoms. The van der Waals surface area contributed by atoms with Gasteiger partial charge in [-0.25, -0.2) is 4.98 Å². The standard InChI is InChI=1S/C13H18ClN7/c1-3-10-12-13(19(2)17-10)21(11(16-12)4-5-14)9-8-20-7-6-15-18-20/h6-7H,3-5,8-9H2,1-2H3. The van der Waals surface area contributed by atoms with Crippen LogP contribution in [0.2, 0.25) is 0 Å². The summed E-state index contributed by atoms with van der Waals surface area (Å²) in [5, 5.41) is 12.4. The van der Waals surface area contributed by atoms with Crippen LogP contribution in [0, 0.1) is 0 Å². The number of alkyl halides is 1. The van der Waals surface area contributed by atoms with Crippen LogP contribution in [-0.4, -0.2) is 40.2 Å². The molecule has 0 atom stereocenters. The van der Waals surface area contributed by atoms with E-state index in [2.05, 4.69) is 26.9 Å². The molecule has 3 rings (SSSR count). The first-order chi connectivity index (χ1) is 10.2. The number of rotatable bonds is 6. The summed E-state index contributed by atoms with van der Waals surface area (Å²) in [6.45, 7) is 3.61. The molecule has 112 valence electrons. The van der Waals surface area contributed by atoms with Gasteiger partial charge in [0.2, 0.25) is 0 Å². The second kappa shape index (κ2) is 5.85. The lowest BCUT2D eigenvalue weighted by molar-refractivity contribution is 0.510. The summed E-state index contributed by atoms with van der Waals surface area (Å²) < 4.78 is 5.90. The van der Waals surface area contributed by atoms with E-state index in [9.17, 15) is 0 Å². The van der Waals surface area contributed by atoms with E-state index in [-0.39, 0.29) is 0 Å². The van der Waals surface area contributed by atoms with Crippen LogP contribution in [0.1, 0.15) is 18.4 Å². The number of aryl methyl sites for hydroxylation is 5. The minimum atomic E-state index is 0.557. The van der Waals surface area contributed by atoms with Crippen molar-refractivity contribution < 1.29 is 0 Å². The Morgan fingerprint density at radius 1 is 1.29 bits per heavy atom. The van der Waals surface area contributed by atoms with Crippen molar-refractivity contribution in [3.63, 3.8) is 0 Å². The van der Waals surface area contributed by atoms with Gasteiger partial charge in [0.05, 0.1) is 18.4 Å². The van der Waals surface area contributed by atoms with Gasteiger partial charge in [0, 0.05) is 32.1 Å². The Hall–Kier alpha value is -1.89. The molecule has 0 saturated heterocycles. The van der Waals surface area contributed by atoms with Crippen molar-refractivity contribution in [3.8, 4) is 0 Å². The average Bonchev–Trinajstić information content (AvgIpc) is 3.16. The molecule has 0 fully saturated rings. The van der Waals surface area contributed by atoms with Crippen molar-refractivity contribution in [3.05, 3.63) is 23.9 Å². The SMILES string of the molecule is CCc1nn(C)c2c1nc(CCCl)n2CCn1ccnn1. The number of hydrogen-bond donors (Lipinski definition) is 0. The van der Waals surface area contributed by atoms with Crippen molar-refractivity contribution in [2.45, 2.75) is 32.9 Å². The molecule has 3 aromatic rings. The summed E-state index contributed by atoms with van der Waals surface area (Å²) in [6, 6.07) is 0. The van der Waals surface area contributed by atoms with Crippen molar-refractivity contribution in [2.24, 2.45) is 7.05 Å². The minimum absolute atomic E-state index is 0.557. The Balaban J connectivity index is 2.00. The molecule has 7 nitrogen and oxygen atoms in total. The lowest BCUT2D eigenvalue weighted by Gasteiger charge is -2.08. The zero-order chi connectivity index (χ0) is 14.8. The summed E-state index contributed by atoms with van der Waals surface area (Å²) in [5.41, 5.74) is 3.06. The largest absolute Gasteiger partial charge is 0.311 e. The quantitative estimate of drug-likeness (QED) is 0.646. The van der Waals surface area contributed by atoms with Crippen molar-refractivity contribution in [1.82, 2.24) is 34.3 Å². The molecule has 0 radical (unpaired) electrons. The predicted octanol–water partition coefficient (Wildman–Crippen LogP) is 1.41. The highest BCUT2D eigenvalue weighted by atomic mass is 35.5. The molecular formula is C13H18ClN7.